The van der Waals surface area contributed by atoms with E-state index in [1.54, 1.807) is 0 Å². The van der Waals surface area contributed by atoms with Gasteiger partial charge in [0.2, 0.25) is 0 Å². The monoisotopic (exact) mass is 255 g/mol. The van der Waals surface area contributed by atoms with Gasteiger partial charge in [-0.2, -0.15) is 0 Å². The lowest BCUT2D eigenvalue weighted by Gasteiger charge is -2.35. The fraction of sp³-hybridized carbons (Fsp3) is 1.00. The third kappa shape index (κ3) is 3.06. The van der Waals surface area contributed by atoms with E-state index in [1.807, 2.05) is 0 Å². The van der Waals surface area contributed by atoms with Gasteiger partial charge in [-0.15, -0.1) is 0 Å². The summed E-state index contributed by atoms with van der Waals surface area (Å²) >= 11 is 0. The van der Waals surface area contributed by atoms with Crippen molar-refractivity contribution >= 4 is 0 Å². The molecule has 2 unspecified atom stereocenters. The van der Waals surface area contributed by atoms with Crippen molar-refractivity contribution in [2.24, 2.45) is 0 Å². The Bertz CT molecular complexity index is 274. The zero-order chi connectivity index (χ0) is 13.2. The van der Waals surface area contributed by atoms with Crippen molar-refractivity contribution < 1.29 is 9.47 Å². The molecule has 3 nitrogen and oxygen atoms in total. The number of ether oxygens (including phenoxy) is 2. The van der Waals surface area contributed by atoms with Gasteiger partial charge in [0, 0.05) is 18.2 Å². The molecule has 18 heavy (non-hydrogen) atoms. The molecular weight excluding hydrogens is 226 g/mol. The highest BCUT2D eigenvalue weighted by Crippen LogP contribution is 2.42. The zero-order valence-electron chi connectivity index (χ0n) is 12.5. The van der Waals surface area contributed by atoms with Gasteiger partial charge < -0.3 is 9.47 Å². The minimum atomic E-state index is -0.0229. The van der Waals surface area contributed by atoms with Crippen LogP contribution in [0, 0.1) is 0 Å². The predicted molar refractivity (Wildman–Crippen MR) is 73.9 cm³/mol. The summed E-state index contributed by atoms with van der Waals surface area (Å²) in [5.41, 5.74) is 0.312. The van der Waals surface area contributed by atoms with Crippen molar-refractivity contribution in [2.45, 2.75) is 70.6 Å². The van der Waals surface area contributed by atoms with Crippen LogP contribution in [0.15, 0.2) is 0 Å². The van der Waals surface area contributed by atoms with Crippen LogP contribution in [0.4, 0.5) is 0 Å². The van der Waals surface area contributed by atoms with Crippen LogP contribution in [-0.4, -0.2) is 48.4 Å². The normalized spacial score (nSPS) is 33.0. The molecule has 2 atom stereocenters. The van der Waals surface area contributed by atoms with E-state index in [9.17, 15) is 0 Å². The lowest BCUT2D eigenvalue weighted by molar-refractivity contribution is -0.0427. The van der Waals surface area contributed by atoms with Crippen LogP contribution in [-0.2, 0) is 9.47 Å². The summed E-state index contributed by atoms with van der Waals surface area (Å²) in [6, 6.07) is 0.604. The van der Waals surface area contributed by atoms with E-state index in [2.05, 4.69) is 32.6 Å². The maximum Gasteiger partial charge on any atom is 0.0650 e. The Morgan fingerprint density at radius 3 is 2.72 bits per heavy atom. The molecule has 0 radical (unpaired) electrons. The summed E-state index contributed by atoms with van der Waals surface area (Å²) in [6.45, 7) is 12.3. The smallest absolute Gasteiger partial charge is 0.0650 e. The maximum atomic E-state index is 5.99. The lowest BCUT2D eigenvalue weighted by atomic mass is 9.95. The number of fused-ring (bicyclic) bond motifs is 1. The SMILES string of the molecule is CCOCC12CCCN1C(COC(C)(C)C)CC2. The second kappa shape index (κ2) is 5.48. The van der Waals surface area contributed by atoms with E-state index < -0.39 is 0 Å². The first-order valence-electron chi connectivity index (χ1n) is 7.45. The van der Waals surface area contributed by atoms with Crippen molar-refractivity contribution in [3.63, 3.8) is 0 Å². The van der Waals surface area contributed by atoms with E-state index in [0.29, 0.717) is 11.6 Å². The van der Waals surface area contributed by atoms with Crippen molar-refractivity contribution in [1.29, 1.82) is 0 Å². The average Bonchev–Trinajstić information content (AvgIpc) is 2.81. The molecule has 2 heterocycles. The standard InChI is InChI=1S/C15H29NO2/c1-5-17-12-15-8-6-10-16(15)13(7-9-15)11-18-14(2,3)4/h13H,5-12H2,1-4H3. The minimum Gasteiger partial charge on any atom is -0.380 e. The van der Waals surface area contributed by atoms with Crippen molar-refractivity contribution in [2.75, 3.05) is 26.4 Å². The van der Waals surface area contributed by atoms with E-state index in [1.165, 1.54) is 32.2 Å². The van der Waals surface area contributed by atoms with Gasteiger partial charge in [0.15, 0.2) is 0 Å². The quantitative estimate of drug-likeness (QED) is 0.754. The Kier molecular flexibility index (Phi) is 4.35. The average molecular weight is 255 g/mol. The van der Waals surface area contributed by atoms with Crippen LogP contribution >= 0.6 is 0 Å². The van der Waals surface area contributed by atoms with Gasteiger partial charge in [0.1, 0.15) is 0 Å². The van der Waals surface area contributed by atoms with E-state index in [0.717, 1.165) is 19.8 Å². The topological polar surface area (TPSA) is 21.7 Å². The van der Waals surface area contributed by atoms with Gasteiger partial charge in [-0.25, -0.2) is 0 Å². The van der Waals surface area contributed by atoms with Crippen molar-refractivity contribution in [1.82, 2.24) is 4.90 Å². The van der Waals surface area contributed by atoms with Gasteiger partial charge in [0.25, 0.3) is 0 Å². The van der Waals surface area contributed by atoms with E-state index >= 15 is 0 Å². The molecule has 2 aliphatic rings. The largest absolute Gasteiger partial charge is 0.380 e. The highest BCUT2D eigenvalue weighted by atomic mass is 16.5. The summed E-state index contributed by atoms with van der Waals surface area (Å²) in [5.74, 6) is 0. The fourth-order valence-corrected chi connectivity index (χ4v) is 3.43. The molecule has 0 N–H and O–H groups in total. The first kappa shape index (κ1) is 14.3. The van der Waals surface area contributed by atoms with E-state index in [4.69, 9.17) is 9.47 Å². The maximum absolute atomic E-state index is 5.99. The highest BCUT2D eigenvalue weighted by Gasteiger charge is 2.49. The van der Waals surface area contributed by atoms with Crippen molar-refractivity contribution in [3.05, 3.63) is 0 Å². The molecule has 2 saturated heterocycles. The first-order chi connectivity index (χ1) is 8.47. The molecule has 0 spiro atoms. The molecule has 2 aliphatic heterocycles. The summed E-state index contributed by atoms with van der Waals surface area (Å²) in [6.07, 6.45) is 5.17. The molecule has 106 valence electrons. The highest BCUT2D eigenvalue weighted by molar-refractivity contribution is 5.04. The van der Waals surface area contributed by atoms with Crippen molar-refractivity contribution in [3.8, 4) is 0 Å². The Labute approximate surface area is 112 Å². The second-order valence-electron chi connectivity index (χ2n) is 6.77. The molecule has 0 bridgehead atoms. The fourth-order valence-electron chi connectivity index (χ4n) is 3.43. The Morgan fingerprint density at radius 1 is 1.28 bits per heavy atom. The minimum absolute atomic E-state index is 0.0229. The zero-order valence-corrected chi connectivity index (χ0v) is 12.5. The number of nitrogens with zero attached hydrogens (tertiary/aromatic N) is 1. The van der Waals surface area contributed by atoms with Gasteiger partial charge in [-0.1, -0.05) is 0 Å². The molecule has 2 fully saturated rings. The molecule has 0 aromatic rings. The van der Waals surface area contributed by atoms with Gasteiger partial charge in [-0.3, -0.25) is 4.90 Å². The van der Waals surface area contributed by atoms with Crippen LogP contribution in [0.5, 0.6) is 0 Å². The van der Waals surface area contributed by atoms with E-state index in [-0.39, 0.29) is 5.60 Å². The summed E-state index contributed by atoms with van der Waals surface area (Å²) in [4.78, 5) is 2.68. The first-order valence-corrected chi connectivity index (χ1v) is 7.45. The Hall–Kier alpha value is -0.120. The number of hydrogen-bond acceptors (Lipinski definition) is 3. The Morgan fingerprint density at radius 2 is 2.06 bits per heavy atom. The molecule has 3 heteroatoms. The molecule has 0 aromatic carbocycles. The molecule has 0 amide bonds. The summed E-state index contributed by atoms with van der Waals surface area (Å²) in [5, 5.41) is 0. The Balaban J connectivity index is 1.92. The molecule has 0 aliphatic carbocycles. The summed E-state index contributed by atoms with van der Waals surface area (Å²) < 4.78 is 11.7. The molecule has 2 rings (SSSR count). The third-order valence-electron chi connectivity index (χ3n) is 4.32. The van der Waals surface area contributed by atoms with Crippen LogP contribution in [0.1, 0.15) is 53.4 Å². The van der Waals surface area contributed by atoms with Gasteiger partial charge in [0.05, 0.1) is 18.8 Å². The molecule has 0 aromatic heterocycles. The molecular formula is C15H29NO2. The number of hydrogen-bond donors (Lipinski definition) is 0. The van der Waals surface area contributed by atoms with Crippen LogP contribution < -0.4 is 0 Å². The van der Waals surface area contributed by atoms with Crippen LogP contribution in [0.2, 0.25) is 0 Å². The predicted octanol–water partition coefficient (Wildman–Crippen LogP) is 2.84. The second-order valence-corrected chi connectivity index (χ2v) is 6.77. The number of rotatable bonds is 5. The van der Waals surface area contributed by atoms with Gasteiger partial charge >= 0.3 is 0 Å². The van der Waals surface area contributed by atoms with Crippen LogP contribution in [0.25, 0.3) is 0 Å². The third-order valence-corrected chi connectivity index (χ3v) is 4.32. The molecule has 0 saturated carbocycles. The van der Waals surface area contributed by atoms with Gasteiger partial charge in [-0.05, 0) is 59.9 Å². The van der Waals surface area contributed by atoms with Crippen LogP contribution in [0.3, 0.4) is 0 Å². The lowest BCUT2D eigenvalue weighted by Crippen LogP contribution is -2.47. The summed E-state index contributed by atoms with van der Waals surface area (Å²) in [7, 11) is 0.